The fraction of sp³-hybridized carbons (Fsp3) is 0.375. The van der Waals surface area contributed by atoms with Crippen molar-refractivity contribution in [2.24, 2.45) is 0 Å². The highest BCUT2D eigenvalue weighted by Gasteiger charge is 2.33. The number of carbonyl (C=O) groups is 2. The fourth-order valence-corrected chi connectivity index (χ4v) is 6.39. The van der Waals surface area contributed by atoms with Crippen molar-refractivity contribution in [3.63, 3.8) is 0 Å². The Hall–Kier alpha value is -3.50. The average molecular weight is 612 g/mol. The molecule has 0 bridgehead atoms. The van der Waals surface area contributed by atoms with Crippen molar-refractivity contribution in [3.8, 4) is 5.75 Å². The van der Waals surface area contributed by atoms with Gasteiger partial charge in [0.25, 0.3) is 10.0 Å². The zero-order chi connectivity index (χ0) is 30.7. The van der Waals surface area contributed by atoms with Crippen LogP contribution in [0.25, 0.3) is 0 Å². The van der Waals surface area contributed by atoms with E-state index < -0.39 is 28.5 Å². The molecule has 0 aliphatic rings. The van der Waals surface area contributed by atoms with Gasteiger partial charge in [-0.05, 0) is 87.0 Å². The number of aryl methyl sites for hydroxylation is 1. The molecule has 2 amide bonds. The van der Waals surface area contributed by atoms with Gasteiger partial charge in [0.15, 0.2) is 0 Å². The van der Waals surface area contributed by atoms with Crippen LogP contribution in [0.1, 0.15) is 44.7 Å². The summed E-state index contributed by atoms with van der Waals surface area (Å²) in [5, 5.41) is 2.91. The molecule has 10 heteroatoms. The fourth-order valence-electron chi connectivity index (χ4n) is 4.57. The standard InChI is InChI=1S/C32H41N3O5S2/c1-6-20-33-32(37)30(7-2)34(22-25-11-9-10-24(4)21-25)31(36)23-35(26-12-14-27(15-13-26)40-8-3)42(38,39)29-18-16-28(41-5)17-19-29/h9-19,21,30H,6-8,20,22-23H2,1-5H3,(H,33,37)/t30-/m0/s1. The molecule has 8 nitrogen and oxygen atoms in total. The monoisotopic (exact) mass is 611 g/mol. The van der Waals surface area contributed by atoms with Crippen LogP contribution in [0.3, 0.4) is 0 Å². The van der Waals surface area contributed by atoms with Crippen LogP contribution in [0.2, 0.25) is 0 Å². The lowest BCUT2D eigenvalue weighted by molar-refractivity contribution is -0.140. The molecule has 0 aliphatic heterocycles. The first kappa shape index (κ1) is 33.0. The minimum atomic E-state index is -4.14. The summed E-state index contributed by atoms with van der Waals surface area (Å²) in [6.45, 7) is 8.27. The number of carbonyl (C=O) groups excluding carboxylic acids is 2. The van der Waals surface area contributed by atoms with Crippen LogP contribution < -0.4 is 14.4 Å². The summed E-state index contributed by atoms with van der Waals surface area (Å²) in [7, 11) is -4.14. The van der Waals surface area contributed by atoms with E-state index in [1.54, 1.807) is 48.5 Å². The molecule has 0 aliphatic carbocycles. The Morgan fingerprint density at radius 1 is 0.976 bits per heavy atom. The number of ether oxygens (including phenoxy) is 1. The van der Waals surface area contributed by atoms with Crippen molar-refractivity contribution < 1.29 is 22.7 Å². The van der Waals surface area contributed by atoms with Gasteiger partial charge in [-0.15, -0.1) is 11.8 Å². The van der Waals surface area contributed by atoms with E-state index >= 15 is 0 Å². The van der Waals surface area contributed by atoms with E-state index in [4.69, 9.17) is 4.74 Å². The van der Waals surface area contributed by atoms with Crippen molar-refractivity contribution in [1.82, 2.24) is 10.2 Å². The van der Waals surface area contributed by atoms with Gasteiger partial charge in [0.2, 0.25) is 11.8 Å². The summed E-state index contributed by atoms with van der Waals surface area (Å²) < 4.78 is 34.8. The maximum absolute atomic E-state index is 14.2. The minimum absolute atomic E-state index is 0.0694. The summed E-state index contributed by atoms with van der Waals surface area (Å²) in [6.07, 6.45) is 3.05. The van der Waals surface area contributed by atoms with Crippen molar-refractivity contribution >= 4 is 39.3 Å². The van der Waals surface area contributed by atoms with Crippen LogP contribution >= 0.6 is 11.8 Å². The number of thioether (sulfide) groups is 1. The molecule has 0 heterocycles. The van der Waals surface area contributed by atoms with E-state index in [0.29, 0.717) is 31.0 Å². The summed E-state index contributed by atoms with van der Waals surface area (Å²) >= 11 is 1.51. The number of amides is 2. The maximum Gasteiger partial charge on any atom is 0.264 e. The third kappa shape index (κ3) is 8.51. The average Bonchev–Trinajstić information content (AvgIpc) is 2.99. The Kier molecular flexibility index (Phi) is 12.3. The van der Waals surface area contributed by atoms with E-state index in [1.807, 2.05) is 58.2 Å². The number of anilines is 1. The Bertz CT molecular complexity index is 1430. The third-order valence-corrected chi connectivity index (χ3v) is 9.26. The molecule has 0 radical (unpaired) electrons. The van der Waals surface area contributed by atoms with E-state index in [9.17, 15) is 18.0 Å². The van der Waals surface area contributed by atoms with Gasteiger partial charge in [0, 0.05) is 18.0 Å². The summed E-state index contributed by atoms with van der Waals surface area (Å²) in [4.78, 5) is 29.9. The highest BCUT2D eigenvalue weighted by Crippen LogP contribution is 2.28. The lowest BCUT2D eigenvalue weighted by atomic mass is 10.1. The van der Waals surface area contributed by atoms with Gasteiger partial charge in [-0.2, -0.15) is 0 Å². The van der Waals surface area contributed by atoms with E-state index in [2.05, 4.69) is 5.32 Å². The molecule has 3 aromatic carbocycles. The topological polar surface area (TPSA) is 96.0 Å². The molecule has 3 aromatic rings. The first-order chi connectivity index (χ1) is 20.1. The third-order valence-electron chi connectivity index (χ3n) is 6.73. The molecule has 42 heavy (non-hydrogen) atoms. The zero-order valence-electron chi connectivity index (χ0n) is 25.0. The molecule has 0 aromatic heterocycles. The van der Waals surface area contributed by atoms with Crippen LogP contribution in [0.5, 0.6) is 5.75 Å². The lowest BCUT2D eigenvalue weighted by Crippen LogP contribution is -2.52. The van der Waals surface area contributed by atoms with Crippen molar-refractivity contribution in [2.75, 3.05) is 30.3 Å². The van der Waals surface area contributed by atoms with Crippen LogP contribution in [0.4, 0.5) is 5.69 Å². The number of hydrogen-bond donors (Lipinski definition) is 1. The molecular formula is C32H41N3O5S2. The summed E-state index contributed by atoms with van der Waals surface area (Å²) in [6, 6.07) is 20.2. The predicted octanol–water partition coefficient (Wildman–Crippen LogP) is 5.64. The molecular weight excluding hydrogens is 571 g/mol. The summed E-state index contributed by atoms with van der Waals surface area (Å²) in [5.41, 5.74) is 2.20. The minimum Gasteiger partial charge on any atom is -0.494 e. The van der Waals surface area contributed by atoms with Crippen molar-refractivity contribution in [2.45, 2.75) is 62.9 Å². The van der Waals surface area contributed by atoms with Gasteiger partial charge in [-0.1, -0.05) is 43.7 Å². The Morgan fingerprint density at radius 3 is 2.24 bits per heavy atom. The van der Waals surface area contributed by atoms with E-state index in [-0.39, 0.29) is 17.3 Å². The molecule has 0 saturated heterocycles. The molecule has 0 saturated carbocycles. The first-order valence-corrected chi connectivity index (χ1v) is 16.8. The number of rotatable bonds is 15. The van der Waals surface area contributed by atoms with Gasteiger partial charge in [0.05, 0.1) is 17.2 Å². The van der Waals surface area contributed by atoms with Crippen LogP contribution in [-0.2, 0) is 26.2 Å². The number of sulfonamides is 1. The molecule has 0 spiro atoms. The highest BCUT2D eigenvalue weighted by atomic mass is 32.2. The van der Waals surface area contributed by atoms with E-state index in [1.165, 1.54) is 16.7 Å². The quantitative estimate of drug-likeness (QED) is 0.223. The lowest BCUT2D eigenvalue weighted by Gasteiger charge is -2.33. The second-order valence-corrected chi connectivity index (χ2v) is 12.6. The van der Waals surface area contributed by atoms with Gasteiger partial charge >= 0.3 is 0 Å². The molecule has 226 valence electrons. The number of benzene rings is 3. The predicted molar refractivity (Wildman–Crippen MR) is 169 cm³/mol. The number of hydrogen-bond acceptors (Lipinski definition) is 6. The summed E-state index contributed by atoms with van der Waals surface area (Å²) in [5.74, 6) is -0.148. The molecule has 0 unspecified atom stereocenters. The van der Waals surface area contributed by atoms with Gasteiger partial charge in [-0.3, -0.25) is 13.9 Å². The van der Waals surface area contributed by atoms with Crippen molar-refractivity contribution in [3.05, 3.63) is 83.9 Å². The van der Waals surface area contributed by atoms with Gasteiger partial charge in [-0.25, -0.2) is 8.42 Å². The number of nitrogens with zero attached hydrogens (tertiary/aromatic N) is 2. The first-order valence-electron chi connectivity index (χ1n) is 14.2. The van der Waals surface area contributed by atoms with Crippen LogP contribution in [0.15, 0.2) is 82.6 Å². The molecule has 0 fully saturated rings. The maximum atomic E-state index is 14.2. The van der Waals surface area contributed by atoms with Gasteiger partial charge in [0.1, 0.15) is 18.3 Å². The van der Waals surface area contributed by atoms with Crippen LogP contribution in [-0.4, -0.2) is 57.1 Å². The normalized spacial score (nSPS) is 11.9. The SMILES string of the molecule is CCCNC(=O)[C@H](CC)N(Cc1cccc(C)c1)C(=O)CN(c1ccc(OCC)cc1)S(=O)(=O)c1ccc(SC)cc1. The highest BCUT2D eigenvalue weighted by molar-refractivity contribution is 7.98. The van der Waals surface area contributed by atoms with E-state index in [0.717, 1.165) is 26.7 Å². The number of nitrogens with one attached hydrogen (secondary N) is 1. The molecule has 3 rings (SSSR count). The zero-order valence-corrected chi connectivity index (χ0v) is 26.6. The smallest absolute Gasteiger partial charge is 0.264 e. The van der Waals surface area contributed by atoms with Crippen LogP contribution in [0, 0.1) is 6.92 Å². The largest absolute Gasteiger partial charge is 0.494 e. The second kappa shape index (κ2) is 15.7. The molecule has 1 N–H and O–H groups in total. The van der Waals surface area contributed by atoms with Crippen molar-refractivity contribution in [1.29, 1.82) is 0 Å². The Morgan fingerprint density at radius 2 is 1.67 bits per heavy atom. The van der Waals surface area contributed by atoms with Gasteiger partial charge < -0.3 is 15.0 Å². The Balaban J connectivity index is 2.06. The molecule has 1 atom stereocenters. The second-order valence-electron chi connectivity index (χ2n) is 9.84. The Labute approximate surface area is 254 Å².